The van der Waals surface area contributed by atoms with E-state index in [4.69, 9.17) is 4.74 Å². The van der Waals surface area contributed by atoms with E-state index in [9.17, 15) is 0 Å². The average Bonchev–Trinajstić information content (AvgIpc) is 2.55. The molecule has 1 aliphatic rings. The molecule has 2 rings (SSSR count). The highest BCUT2D eigenvalue weighted by molar-refractivity contribution is 5.19. The van der Waals surface area contributed by atoms with Crippen LogP contribution in [0.1, 0.15) is 23.6 Å². The van der Waals surface area contributed by atoms with Crippen LogP contribution in [-0.4, -0.2) is 23.4 Å². The highest BCUT2D eigenvalue weighted by Gasteiger charge is 2.20. The van der Waals surface area contributed by atoms with Crippen LogP contribution in [0.15, 0.2) is 6.20 Å². The summed E-state index contributed by atoms with van der Waals surface area (Å²) >= 11 is 0. The van der Waals surface area contributed by atoms with Gasteiger partial charge in [-0.25, -0.2) is 0 Å². The lowest BCUT2D eigenvalue weighted by molar-refractivity contribution is 0.193. The second-order valence-electron chi connectivity index (χ2n) is 3.03. The summed E-state index contributed by atoms with van der Waals surface area (Å²) in [6.07, 6.45) is 3.00. The van der Waals surface area contributed by atoms with Gasteiger partial charge in [0.1, 0.15) is 0 Å². The lowest BCUT2D eigenvalue weighted by Crippen LogP contribution is -1.99. The molecule has 3 nitrogen and oxygen atoms in total. The molecule has 0 radical (unpaired) electrons. The molecule has 1 saturated heterocycles. The lowest BCUT2D eigenvalue weighted by Gasteiger charge is -2.04. The van der Waals surface area contributed by atoms with Crippen molar-refractivity contribution in [3.05, 3.63) is 17.5 Å². The molecular formula is C8H12N2O. The van der Waals surface area contributed by atoms with Crippen LogP contribution in [0, 0.1) is 6.92 Å². The first-order chi connectivity index (χ1) is 5.38. The molecule has 1 atom stereocenters. The summed E-state index contributed by atoms with van der Waals surface area (Å²) in [5, 5.41) is 7.00. The van der Waals surface area contributed by atoms with Crippen LogP contribution >= 0.6 is 0 Å². The van der Waals surface area contributed by atoms with E-state index in [1.165, 1.54) is 11.3 Å². The molecule has 3 heteroatoms. The number of hydrogen-bond acceptors (Lipinski definition) is 2. The van der Waals surface area contributed by atoms with Crippen LogP contribution in [0.25, 0.3) is 0 Å². The van der Waals surface area contributed by atoms with E-state index >= 15 is 0 Å². The fraction of sp³-hybridized carbons (Fsp3) is 0.625. The number of rotatable bonds is 1. The highest BCUT2D eigenvalue weighted by atomic mass is 16.5. The van der Waals surface area contributed by atoms with Gasteiger partial charge in [-0.1, -0.05) is 0 Å². The molecule has 0 saturated carbocycles. The number of aryl methyl sites for hydroxylation is 1. The van der Waals surface area contributed by atoms with Gasteiger partial charge in [0.2, 0.25) is 0 Å². The minimum Gasteiger partial charge on any atom is -0.381 e. The molecule has 1 N–H and O–H groups in total. The molecule has 0 aromatic carbocycles. The van der Waals surface area contributed by atoms with E-state index < -0.39 is 0 Å². The van der Waals surface area contributed by atoms with E-state index in [1.54, 1.807) is 0 Å². The van der Waals surface area contributed by atoms with Gasteiger partial charge in [-0.15, -0.1) is 0 Å². The lowest BCUT2D eigenvalue weighted by atomic mass is 10.0. The molecule has 1 aliphatic heterocycles. The zero-order valence-electron chi connectivity index (χ0n) is 6.63. The number of aromatic amines is 1. The van der Waals surface area contributed by atoms with Crippen LogP contribution in [0.3, 0.4) is 0 Å². The quantitative estimate of drug-likeness (QED) is 0.657. The normalized spacial score (nSPS) is 24.3. The smallest absolute Gasteiger partial charge is 0.0550 e. The van der Waals surface area contributed by atoms with Crippen LogP contribution in [0.2, 0.25) is 0 Å². The number of aromatic nitrogens is 2. The third-order valence-electron chi connectivity index (χ3n) is 2.21. The summed E-state index contributed by atoms with van der Waals surface area (Å²) < 4.78 is 5.29. The van der Waals surface area contributed by atoms with Crippen LogP contribution in [0.4, 0.5) is 0 Å². The molecule has 1 fully saturated rings. The Balaban J connectivity index is 2.21. The molecule has 2 heterocycles. The van der Waals surface area contributed by atoms with E-state index in [0.717, 1.165) is 19.6 Å². The van der Waals surface area contributed by atoms with Gasteiger partial charge < -0.3 is 4.74 Å². The van der Waals surface area contributed by atoms with Crippen LogP contribution in [0.5, 0.6) is 0 Å². The maximum absolute atomic E-state index is 5.29. The van der Waals surface area contributed by atoms with Crippen molar-refractivity contribution in [2.24, 2.45) is 0 Å². The SMILES string of the molecule is Cc1cn[nH]c1C1CCOC1. The minimum absolute atomic E-state index is 0.553. The van der Waals surface area contributed by atoms with Gasteiger partial charge in [0.15, 0.2) is 0 Å². The summed E-state index contributed by atoms with van der Waals surface area (Å²) in [6.45, 7) is 3.82. The molecule has 0 aliphatic carbocycles. The summed E-state index contributed by atoms with van der Waals surface area (Å²) in [7, 11) is 0. The monoisotopic (exact) mass is 152 g/mol. The Labute approximate surface area is 65.8 Å². The fourth-order valence-corrected chi connectivity index (χ4v) is 1.53. The molecule has 60 valence electrons. The summed E-state index contributed by atoms with van der Waals surface area (Å²) in [5.74, 6) is 0.553. The van der Waals surface area contributed by atoms with Crippen molar-refractivity contribution in [1.82, 2.24) is 10.2 Å². The highest BCUT2D eigenvalue weighted by Crippen LogP contribution is 2.25. The Hall–Kier alpha value is -0.830. The summed E-state index contributed by atoms with van der Waals surface area (Å²) in [5.41, 5.74) is 2.50. The largest absolute Gasteiger partial charge is 0.381 e. The first kappa shape index (κ1) is 6.85. The molecule has 1 aromatic rings. The second-order valence-corrected chi connectivity index (χ2v) is 3.03. The van der Waals surface area contributed by atoms with Gasteiger partial charge in [0, 0.05) is 18.2 Å². The molecule has 11 heavy (non-hydrogen) atoms. The Bertz CT molecular complexity index is 238. The summed E-state index contributed by atoms with van der Waals surface area (Å²) in [6, 6.07) is 0. The number of nitrogens with zero attached hydrogens (tertiary/aromatic N) is 1. The van der Waals surface area contributed by atoms with Gasteiger partial charge in [-0.05, 0) is 18.9 Å². The fourth-order valence-electron chi connectivity index (χ4n) is 1.53. The minimum atomic E-state index is 0.553. The zero-order chi connectivity index (χ0) is 7.68. The Kier molecular flexibility index (Phi) is 1.66. The van der Waals surface area contributed by atoms with Crippen molar-refractivity contribution >= 4 is 0 Å². The van der Waals surface area contributed by atoms with Gasteiger partial charge in [0.25, 0.3) is 0 Å². The standard InChI is InChI=1S/C8H12N2O/c1-6-4-9-10-8(6)7-2-3-11-5-7/h4,7H,2-3,5H2,1H3,(H,9,10). The topological polar surface area (TPSA) is 37.9 Å². The van der Waals surface area contributed by atoms with Gasteiger partial charge in [-0.3, -0.25) is 5.10 Å². The third-order valence-corrected chi connectivity index (χ3v) is 2.21. The Morgan fingerprint density at radius 2 is 2.64 bits per heavy atom. The van der Waals surface area contributed by atoms with Gasteiger partial charge >= 0.3 is 0 Å². The van der Waals surface area contributed by atoms with Crippen molar-refractivity contribution in [2.45, 2.75) is 19.3 Å². The van der Waals surface area contributed by atoms with Crippen LogP contribution < -0.4 is 0 Å². The molecule has 0 bridgehead atoms. The van der Waals surface area contributed by atoms with Crippen molar-refractivity contribution in [1.29, 1.82) is 0 Å². The van der Waals surface area contributed by atoms with Gasteiger partial charge in [-0.2, -0.15) is 5.10 Å². The predicted molar refractivity (Wildman–Crippen MR) is 41.5 cm³/mol. The van der Waals surface area contributed by atoms with Gasteiger partial charge in [0.05, 0.1) is 12.8 Å². The van der Waals surface area contributed by atoms with Crippen molar-refractivity contribution in [2.75, 3.05) is 13.2 Å². The predicted octanol–water partition coefficient (Wildman–Crippen LogP) is 1.22. The first-order valence-corrected chi connectivity index (χ1v) is 3.95. The average molecular weight is 152 g/mol. The Morgan fingerprint density at radius 3 is 3.18 bits per heavy atom. The number of H-pyrrole nitrogens is 1. The summed E-state index contributed by atoms with van der Waals surface area (Å²) in [4.78, 5) is 0. The molecule has 0 spiro atoms. The van der Waals surface area contributed by atoms with E-state index in [2.05, 4.69) is 17.1 Å². The Morgan fingerprint density at radius 1 is 1.73 bits per heavy atom. The molecular weight excluding hydrogens is 140 g/mol. The number of hydrogen-bond donors (Lipinski definition) is 1. The zero-order valence-corrected chi connectivity index (χ0v) is 6.63. The number of ether oxygens (including phenoxy) is 1. The molecule has 1 aromatic heterocycles. The van der Waals surface area contributed by atoms with E-state index in [-0.39, 0.29) is 0 Å². The second kappa shape index (κ2) is 2.66. The first-order valence-electron chi connectivity index (χ1n) is 3.95. The number of nitrogens with one attached hydrogen (secondary N) is 1. The van der Waals surface area contributed by atoms with Crippen molar-refractivity contribution in [3.8, 4) is 0 Å². The molecule has 0 amide bonds. The maximum atomic E-state index is 5.29. The van der Waals surface area contributed by atoms with Crippen LogP contribution in [-0.2, 0) is 4.74 Å². The van der Waals surface area contributed by atoms with Crippen molar-refractivity contribution in [3.63, 3.8) is 0 Å². The maximum Gasteiger partial charge on any atom is 0.0550 e. The van der Waals surface area contributed by atoms with E-state index in [1.807, 2.05) is 6.20 Å². The molecule has 1 unspecified atom stereocenters. The van der Waals surface area contributed by atoms with Crippen molar-refractivity contribution < 1.29 is 4.74 Å². The van der Waals surface area contributed by atoms with E-state index in [0.29, 0.717) is 5.92 Å². The third kappa shape index (κ3) is 1.16.